The van der Waals surface area contributed by atoms with Crippen LogP contribution in [0, 0.1) is 5.82 Å². The molecule has 0 saturated heterocycles. The molecule has 1 aromatic rings. The highest BCUT2D eigenvalue weighted by Gasteiger charge is 2.34. The largest absolute Gasteiger partial charge is 0.419 e. The second-order valence-corrected chi connectivity index (χ2v) is 3.18. The Kier molecular flexibility index (Phi) is 3.93. The average molecular weight is 250 g/mol. The summed E-state index contributed by atoms with van der Waals surface area (Å²) in [6, 6.07) is 1.61. The number of benzene rings is 1. The van der Waals surface area contributed by atoms with Crippen LogP contribution in [0.15, 0.2) is 18.2 Å². The molecule has 2 N–H and O–H groups in total. The zero-order chi connectivity index (χ0) is 13.1. The lowest BCUT2D eigenvalue weighted by atomic mass is 10.2. The number of alkyl halides is 3. The standard InChI is InChI=1S/C10H10F4N2O/c1-2-15-9(17)16-6-3-4-8(11)7(5-6)10(12,13)14/h3-5H,2H2,1H3,(H2,15,16,17). The van der Waals surface area contributed by atoms with Gasteiger partial charge in [-0.25, -0.2) is 9.18 Å². The van der Waals surface area contributed by atoms with Gasteiger partial charge in [0, 0.05) is 12.2 Å². The van der Waals surface area contributed by atoms with Crippen LogP contribution in [0.25, 0.3) is 0 Å². The molecule has 0 aliphatic rings. The Labute approximate surface area is 94.8 Å². The van der Waals surface area contributed by atoms with E-state index in [9.17, 15) is 22.4 Å². The maximum atomic E-state index is 12.9. The van der Waals surface area contributed by atoms with Gasteiger partial charge in [0.25, 0.3) is 0 Å². The third-order valence-corrected chi connectivity index (χ3v) is 1.87. The van der Waals surface area contributed by atoms with Crippen molar-refractivity contribution in [2.75, 3.05) is 11.9 Å². The SMILES string of the molecule is CCNC(=O)Nc1ccc(F)c(C(F)(F)F)c1. The zero-order valence-corrected chi connectivity index (χ0v) is 8.86. The molecule has 7 heteroatoms. The fraction of sp³-hybridized carbons (Fsp3) is 0.300. The molecule has 1 aromatic carbocycles. The van der Waals surface area contributed by atoms with Crippen molar-refractivity contribution < 1.29 is 22.4 Å². The Morgan fingerprint density at radius 3 is 2.53 bits per heavy atom. The normalized spacial score (nSPS) is 11.1. The Bertz CT molecular complexity index is 417. The Balaban J connectivity index is 2.93. The second kappa shape index (κ2) is 5.03. The third kappa shape index (κ3) is 3.61. The fourth-order valence-electron chi connectivity index (χ4n) is 1.16. The van der Waals surface area contributed by atoms with Gasteiger partial charge in [0.05, 0.1) is 5.56 Å². The van der Waals surface area contributed by atoms with Gasteiger partial charge in [-0.3, -0.25) is 0 Å². The maximum absolute atomic E-state index is 12.9. The van der Waals surface area contributed by atoms with Gasteiger partial charge < -0.3 is 10.6 Å². The van der Waals surface area contributed by atoms with Gasteiger partial charge in [0.15, 0.2) is 0 Å². The number of anilines is 1. The van der Waals surface area contributed by atoms with E-state index in [0.717, 1.165) is 6.07 Å². The molecule has 0 spiro atoms. The smallest absolute Gasteiger partial charge is 0.338 e. The number of hydrogen-bond donors (Lipinski definition) is 2. The van der Waals surface area contributed by atoms with Crippen LogP contribution < -0.4 is 10.6 Å². The summed E-state index contributed by atoms with van der Waals surface area (Å²) in [5, 5.41) is 4.51. The summed E-state index contributed by atoms with van der Waals surface area (Å²) >= 11 is 0. The van der Waals surface area contributed by atoms with Crippen molar-refractivity contribution in [1.82, 2.24) is 5.32 Å². The van der Waals surface area contributed by atoms with Gasteiger partial charge in [0.1, 0.15) is 5.82 Å². The van der Waals surface area contributed by atoms with Crippen LogP contribution in [0.4, 0.5) is 28.0 Å². The minimum absolute atomic E-state index is 0.121. The first-order valence-electron chi connectivity index (χ1n) is 4.76. The summed E-state index contributed by atoms with van der Waals surface area (Å²) in [5.41, 5.74) is -1.53. The monoisotopic (exact) mass is 250 g/mol. The highest BCUT2D eigenvalue weighted by atomic mass is 19.4. The molecule has 0 radical (unpaired) electrons. The Morgan fingerprint density at radius 1 is 1.35 bits per heavy atom. The first-order valence-corrected chi connectivity index (χ1v) is 4.76. The molecule has 17 heavy (non-hydrogen) atoms. The first kappa shape index (κ1) is 13.3. The Morgan fingerprint density at radius 2 is 2.00 bits per heavy atom. The van der Waals surface area contributed by atoms with E-state index in [1.165, 1.54) is 0 Å². The lowest BCUT2D eigenvalue weighted by Crippen LogP contribution is -2.28. The number of urea groups is 1. The lowest BCUT2D eigenvalue weighted by Gasteiger charge is -2.11. The first-order chi connectivity index (χ1) is 7.84. The zero-order valence-electron chi connectivity index (χ0n) is 8.86. The molecule has 0 unspecified atom stereocenters. The lowest BCUT2D eigenvalue weighted by molar-refractivity contribution is -0.139. The minimum atomic E-state index is -4.79. The van der Waals surface area contributed by atoms with Crippen molar-refractivity contribution in [2.45, 2.75) is 13.1 Å². The van der Waals surface area contributed by atoms with E-state index in [2.05, 4.69) is 10.6 Å². The van der Waals surface area contributed by atoms with Crippen molar-refractivity contribution in [3.63, 3.8) is 0 Å². The molecule has 0 bridgehead atoms. The molecule has 0 heterocycles. The molecule has 0 aliphatic carbocycles. The highest BCUT2D eigenvalue weighted by Crippen LogP contribution is 2.32. The van der Waals surface area contributed by atoms with E-state index in [-0.39, 0.29) is 5.69 Å². The van der Waals surface area contributed by atoms with Crippen LogP contribution in [0.3, 0.4) is 0 Å². The van der Waals surface area contributed by atoms with Gasteiger partial charge in [-0.2, -0.15) is 13.2 Å². The van der Waals surface area contributed by atoms with Gasteiger partial charge in [-0.05, 0) is 25.1 Å². The van der Waals surface area contributed by atoms with Gasteiger partial charge in [-0.1, -0.05) is 0 Å². The Hall–Kier alpha value is -1.79. The van der Waals surface area contributed by atoms with Crippen molar-refractivity contribution in [3.05, 3.63) is 29.6 Å². The summed E-state index contributed by atoms with van der Waals surface area (Å²) < 4.78 is 49.9. The van der Waals surface area contributed by atoms with E-state index >= 15 is 0 Å². The number of carbonyl (C=O) groups excluding carboxylic acids is 1. The van der Waals surface area contributed by atoms with Crippen molar-refractivity contribution in [1.29, 1.82) is 0 Å². The molecule has 0 saturated carbocycles. The molecular formula is C10H10F4N2O. The number of carbonyl (C=O) groups is 1. The van der Waals surface area contributed by atoms with Gasteiger partial charge in [-0.15, -0.1) is 0 Å². The maximum Gasteiger partial charge on any atom is 0.419 e. The van der Waals surface area contributed by atoms with Crippen LogP contribution in [0.1, 0.15) is 12.5 Å². The van der Waals surface area contributed by atoms with Crippen molar-refractivity contribution >= 4 is 11.7 Å². The fourth-order valence-corrected chi connectivity index (χ4v) is 1.16. The van der Waals surface area contributed by atoms with Gasteiger partial charge >= 0.3 is 12.2 Å². The summed E-state index contributed by atoms with van der Waals surface area (Å²) in [6.07, 6.45) is -4.79. The number of nitrogens with one attached hydrogen (secondary N) is 2. The van der Waals surface area contributed by atoms with Crippen LogP contribution in [0.5, 0.6) is 0 Å². The second-order valence-electron chi connectivity index (χ2n) is 3.18. The van der Waals surface area contributed by atoms with Crippen LogP contribution >= 0.6 is 0 Å². The van der Waals surface area contributed by atoms with E-state index < -0.39 is 23.6 Å². The minimum Gasteiger partial charge on any atom is -0.338 e. The van der Waals surface area contributed by atoms with E-state index in [1.807, 2.05) is 0 Å². The highest BCUT2D eigenvalue weighted by molar-refractivity contribution is 5.89. The molecule has 2 amide bonds. The molecule has 3 nitrogen and oxygen atoms in total. The molecule has 0 aromatic heterocycles. The summed E-state index contributed by atoms with van der Waals surface area (Å²) in [4.78, 5) is 11.1. The molecular weight excluding hydrogens is 240 g/mol. The van der Waals surface area contributed by atoms with Crippen molar-refractivity contribution in [3.8, 4) is 0 Å². The number of amides is 2. The van der Waals surface area contributed by atoms with E-state index in [1.54, 1.807) is 6.92 Å². The number of halogens is 4. The van der Waals surface area contributed by atoms with Crippen LogP contribution in [-0.4, -0.2) is 12.6 Å². The summed E-state index contributed by atoms with van der Waals surface area (Å²) in [5.74, 6) is -1.38. The van der Waals surface area contributed by atoms with Gasteiger partial charge in [0.2, 0.25) is 0 Å². The van der Waals surface area contributed by atoms with E-state index in [0.29, 0.717) is 18.7 Å². The molecule has 1 rings (SSSR count). The average Bonchev–Trinajstić information content (AvgIpc) is 2.19. The van der Waals surface area contributed by atoms with Crippen LogP contribution in [0.2, 0.25) is 0 Å². The number of hydrogen-bond acceptors (Lipinski definition) is 1. The van der Waals surface area contributed by atoms with E-state index in [4.69, 9.17) is 0 Å². The third-order valence-electron chi connectivity index (χ3n) is 1.87. The molecule has 0 aliphatic heterocycles. The predicted molar refractivity (Wildman–Crippen MR) is 54.1 cm³/mol. The summed E-state index contributed by atoms with van der Waals surface area (Å²) in [7, 11) is 0. The quantitative estimate of drug-likeness (QED) is 0.778. The predicted octanol–water partition coefficient (Wildman–Crippen LogP) is 2.99. The molecule has 94 valence electrons. The molecule has 0 fully saturated rings. The summed E-state index contributed by atoms with van der Waals surface area (Å²) in [6.45, 7) is 1.99. The number of rotatable bonds is 2. The van der Waals surface area contributed by atoms with Crippen molar-refractivity contribution in [2.24, 2.45) is 0 Å². The molecule has 0 atom stereocenters. The topological polar surface area (TPSA) is 41.1 Å². The van der Waals surface area contributed by atoms with Crippen LogP contribution in [-0.2, 0) is 6.18 Å².